The van der Waals surface area contributed by atoms with E-state index < -0.39 is 17.7 Å². The van der Waals surface area contributed by atoms with E-state index in [1.54, 1.807) is 25.1 Å². The number of carbonyl (C=O) groups is 3. The lowest BCUT2D eigenvalue weighted by Crippen LogP contribution is -2.44. The fraction of sp³-hybridized carbons (Fsp3) is 0.188. The van der Waals surface area contributed by atoms with Crippen molar-refractivity contribution in [2.75, 3.05) is 0 Å². The molecule has 3 amide bonds. The summed E-state index contributed by atoms with van der Waals surface area (Å²) < 4.78 is 0. The molecule has 0 aliphatic carbocycles. The fourth-order valence-corrected chi connectivity index (χ4v) is 2.63. The maximum atomic E-state index is 12.4. The quantitative estimate of drug-likeness (QED) is 0.746. The van der Waals surface area contributed by atoms with Gasteiger partial charge in [0.1, 0.15) is 0 Å². The van der Waals surface area contributed by atoms with Crippen molar-refractivity contribution in [3.8, 4) is 0 Å². The number of rotatable bonds is 1. The van der Waals surface area contributed by atoms with Crippen LogP contribution in [0.15, 0.2) is 30.3 Å². The van der Waals surface area contributed by atoms with Gasteiger partial charge in [-0.05, 0) is 30.0 Å². The Morgan fingerprint density at radius 2 is 1.70 bits per heavy atom. The molecule has 2 aromatic carbocycles. The van der Waals surface area contributed by atoms with Gasteiger partial charge in [0, 0.05) is 22.9 Å². The number of hydrogen-bond acceptors (Lipinski definition) is 3. The minimum absolute atomic E-state index is 0.120. The third-order valence-electron chi connectivity index (χ3n) is 3.68. The molecule has 100 valence electrons. The van der Waals surface area contributed by atoms with E-state index in [9.17, 15) is 14.4 Å². The predicted octanol–water partition coefficient (Wildman–Crippen LogP) is 2.68. The molecule has 0 bridgehead atoms. The Labute approximate surface area is 116 Å². The average Bonchev–Trinajstić information content (AvgIpc) is 2.46. The van der Waals surface area contributed by atoms with Crippen LogP contribution in [0.3, 0.4) is 0 Å². The maximum Gasteiger partial charge on any atom is 0.268 e. The lowest BCUT2D eigenvalue weighted by atomic mass is 9.91. The highest BCUT2D eigenvalue weighted by molar-refractivity contribution is 6.31. The van der Waals surface area contributed by atoms with E-state index in [-0.39, 0.29) is 6.42 Å². The van der Waals surface area contributed by atoms with Gasteiger partial charge in [-0.25, -0.2) is 4.90 Å². The Morgan fingerprint density at radius 3 is 2.35 bits per heavy atom. The first-order chi connectivity index (χ1) is 9.56. The highest BCUT2D eigenvalue weighted by Crippen LogP contribution is 2.32. The van der Waals surface area contributed by atoms with Crippen molar-refractivity contribution in [3.05, 3.63) is 47.0 Å². The van der Waals surface area contributed by atoms with Crippen molar-refractivity contribution < 1.29 is 14.4 Å². The Morgan fingerprint density at radius 1 is 1.05 bits per heavy atom. The van der Waals surface area contributed by atoms with Crippen LogP contribution in [0.2, 0.25) is 0 Å². The highest BCUT2D eigenvalue weighted by atomic mass is 16.2. The van der Waals surface area contributed by atoms with Gasteiger partial charge in [-0.3, -0.25) is 14.4 Å². The second-order valence-corrected chi connectivity index (χ2v) is 4.85. The molecule has 1 aliphatic rings. The molecule has 1 heterocycles. The van der Waals surface area contributed by atoms with Gasteiger partial charge in [-0.15, -0.1) is 0 Å². The van der Waals surface area contributed by atoms with Gasteiger partial charge in [0.15, 0.2) is 0 Å². The third-order valence-corrected chi connectivity index (χ3v) is 3.68. The van der Waals surface area contributed by atoms with Gasteiger partial charge in [0.2, 0.25) is 5.91 Å². The summed E-state index contributed by atoms with van der Waals surface area (Å²) in [5.41, 5.74) is 1.84. The van der Waals surface area contributed by atoms with Crippen molar-refractivity contribution in [2.45, 2.75) is 20.3 Å². The number of benzene rings is 2. The molecule has 4 nitrogen and oxygen atoms in total. The van der Waals surface area contributed by atoms with Gasteiger partial charge >= 0.3 is 0 Å². The number of imide groups is 3. The minimum Gasteiger partial charge on any atom is -0.274 e. The molecule has 0 saturated heterocycles. The molecular formula is C16H13NO3. The summed E-state index contributed by atoms with van der Waals surface area (Å²) >= 11 is 0. The van der Waals surface area contributed by atoms with Gasteiger partial charge in [0.25, 0.3) is 11.8 Å². The second kappa shape index (κ2) is 4.27. The molecule has 0 fully saturated rings. The summed E-state index contributed by atoms with van der Waals surface area (Å²) in [6.45, 7) is 3.57. The van der Waals surface area contributed by atoms with Crippen LogP contribution in [0.25, 0.3) is 10.8 Å². The van der Waals surface area contributed by atoms with Gasteiger partial charge in [-0.1, -0.05) is 25.1 Å². The van der Waals surface area contributed by atoms with Crippen LogP contribution in [0.4, 0.5) is 0 Å². The van der Waals surface area contributed by atoms with E-state index in [1.807, 2.05) is 19.1 Å². The molecule has 4 heteroatoms. The van der Waals surface area contributed by atoms with Gasteiger partial charge in [-0.2, -0.15) is 0 Å². The molecule has 0 radical (unpaired) electrons. The van der Waals surface area contributed by atoms with E-state index in [4.69, 9.17) is 0 Å². The molecule has 0 N–H and O–H groups in total. The van der Waals surface area contributed by atoms with Crippen molar-refractivity contribution in [2.24, 2.45) is 0 Å². The molecule has 2 aromatic rings. The molecule has 0 atom stereocenters. The lowest BCUT2D eigenvalue weighted by molar-refractivity contribution is -0.126. The van der Waals surface area contributed by atoms with Gasteiger partial charge in [0.05, 0.1) is 0 Å². The van der Waals surface area contributed by atoms with Crippen molar-refractivity contribution in [3.63, 3.8) is 0 Å². The highest BCUT2D eigenvalue weighted by Gasteiger charge is 2.36. The minimum atomic E-state index is -0.523. The molecule has 20 heavy (non-hydrogen) atoms. The summed E-state index contributed by atoms with van der Waals surface area (Å²) in [5.74, 6) is -1.51. The number of amides is 3. The van der Waals surface area contributed by atoms with Crippen LogP contribution in [-0.4, -0.2) is 22.6 Å². The van der Waals surface area contributed by atoms with E-state index in [1.165, 1.54) is 0 Å². The zero-order valence-corrected chi connectivity index (χ0v) is 11.3. The third kappa shape index (κ3) is 1.51. The monoisotopic (exact) mass is 267 g/mol. The molecule has 1 aliphatic heterocycles. The Kier molecular flexibility index (Phi) is 2.67. The number of hydrogen-bond donors (Lipinski definition) is 0. The number of carbonyl (C=O) groups excluding carboxylic acids is 3. The first kappa shape index (κ1) is 12.5. The van der Waals surface area contributed by atoms with E-state index in [2.05, 4.69) is 0 Å². The lowest BCUT2D eigenvalue weighted by Gasteiger charge is -2.25. The summed E-state index contributed by atoms with van der Waals surface area (Å²) in [6, 6.07) is 8.85. The second-order valence-electron chi connectivity index (χ2n) is 4.85. The smallest absolute Gasteiger partial charge is 0.268 e. The Hall–Kier alpha value is -2.49. The first-order valence-electron chi connectivity index (χ1n) is 6.50. The van der Waals surface area contributed by atoms with Crippen LogP contribution in [0.5, 0.6) is 0 Å². The SMILES string of the molecule is CCC(=O)N1C(=O)c2cccc3c(C)ccc(c23)C1=O. The maximum absolute atomic E-state index is 12.4. The summed E-state index contributed by atoms with van der Waals surface area (Å²) in [4.78, 5) is 37.4. The number of nitrogens with zero attached hydrogens (tertiary/aromatic N) is 1. The molecular weight excluding hydrogens is 254 g/mol. The standard InChI is InChI=1S/C16H13NO3/c1-3-13(18)17-15(19)11-6-4-5-10-9(2)7-8-12(14(10)11)16(17)20/h4-8H,3H2,1-2H3. The van der Waals surface area contributed by atoms with Gasteiger partial charge < -0.3 is 0 Å². The van der Waals surface area contributed by atoms with Crippen LogP contribution in [-0.2, 0) is 4.79 Å². The zero-order valence-electron chi connectivity index (χ0n) is 11.3. The topological polar surface area (TPSA) is 54.5 Å². The van der Waals surface area contributed by atoms with Crippen LogP contribution in [0, 0.1) is 6.92 Å². The molecule has 3 rings (SSSR count). The van der Waals surface area contributed by atoms with Crippen molar-refractivity contribution in [1.82, 2.24) is 4.90 Å². The van der Waals surface area contributed by atoms with Crippen molar-refractivity contribution >= 4 is 28.5 Å². The molecule has 0 spiro atoms. The summed E-state index contributed by atoms with van der Waals surface area (Å²) in [6.07, 6.45) is 0.120. The van der Waals surface area contributed by atoms with Crippen LogP contribution < -0.4 is 0 Å². The zero-order chi connectivity index (χ0) is 14.4. The fourth-order valence-electron chi connectivity index (χ4n) is 2.63. The molecule has 0 saturated carbocycles. The molecule has 0 unspecified atom stereocenters. The normalized spacial score (nSPS) is 14.0. The van der Waals surface area contributed by atoms with Crippen molar-refractivity contribution in [1.29, 1.82) is 0 Å². The Balaban J connectivity index is 2.37. The van der Waals surface area contributed by atoms with E-state index in [0.29, 0.717) is 16.5 Å². The predicted molar refractivity (Wildman–Crippen MR) is 74.5 cm³/mol. The first-order valence-corrected chi connectivity index (χ1v) is 6.50. The Bertz CT molecular complexity index is 754. The van der Waals surface area contributed by atoms with E-state index in [0.717, 1.165) is 15.8 Å². The number of aryl methyl sites for hydroxylation is 1. The summed E-state index contributed by atoms with van der Waals surface area (Å²) in [7, 11) is 0. The molecule has 0 aromatic heterocycles. The largest absolute Gasteiger partial charge is 0.274 e. The summed E-state index contributed by atoms with van der Waals surface area (Å²) in [5, 5.41) is 1.54. The van der Waals surface area contributed by atoms with Crippen LogP contribution >= 0.6 is 0 Å². The van der Waals surface area contributed by atoms with E-state index >= 15 is 0 Å². The average molecular weight is 267 g/mol. The van der Waals surface area contributed by atoms with Crippen LogP contribution in [0.1, 0.15) is 39.6 Å².